The maximum Gasteiger partial charge on any atom is 0.418 e. The molecular weight excluding hydrogens is 447 g/mol. The Hall–Kier alpha value is -2.91. The van der Waals surface area contributed by atoms with Crippen molar-refractivity contribution in [1.82, 2.24) is 9.55 Å². The van der Waals surface area contributed by atoms with Crippen LogP contribution in [-0.2, 0) is 22.2 Å². The van der Waals surface area contributed by atoms with E-state index in [2.05, 4.69) is 10.3 Å². The van der Waals surface area contributed by atoms with E-state index >= 15 is 0 Å². The molecule has 1 aromatic heterocycles. The minimum atomic E-state index is -4.70. The van der Waals surface area contributed by atoms with Crippen LogP contribution in [0, 0.1) is 0 Å². The van der Waals surface area contributed by atoms with Crippen molar-refractivity contribution in [3.8, 4) is 0 Å². The third-order valence-electron chi connectivity index (χ3n) is 6.40. The fourth-order valence-electron chi connectivity index (χ4n) is 4.25. The van der Waals surface area contributed by atoms with Crippen LogP contribution in [-0.4, -0.2) is 25.7 Å². The maximum atomic E-state index is 13.9. The van der Waals surface area contributed by atoms with Crippen molar-refractivity contribution in [2.45, 2.75) is 69.9 Å². The van der Waals surface area contributed by atoms with E-state index in [1.807, 2.05) is 0 Å². The summed E-state index contributed by atoms with van der Waals surface area (Å²) in [4.78, 5) is 17.1. The van der Waals surface area contributed by atoms with E-state index in [9.17, 15) is 28.2 Å². The van der Waals surface area contributed by atoms with Crippen LogP contribution in [0.4, 0.5) is 19.1 Å². The smallest absolute Gasteiger partial charge is 0.386 e. The molecule has 0 radical (unpaired) electrons. The largest absolute Gasteiger partial charge is 0.418 e. The molecule has 0 spiro atoms. The van der Waals surface area contributed by atoms with Crippen LogP contribution in [0.1, 0.15) is 69.2 Å². The zero-order valence-corrected chi connectivity index (χ0v) is 19.3. The Morgan fingerprint density at radius 1 is 1.09 bits per heavy atom. The van der Waals surface area contributed by atoms with Crippen LogP contribution in [0.2, 0.25) is 0 Å². The van der Waals surface area contributed by atoms with E-state index in [4.69, 9.17) is 0 Å². The summed E-state index contributed by atoms with van der Waals surface area (Å²) in [5.41, 5.74) is -3.35. The molecular formula is C25H28F3N3O3. The number of nitrogens with zero attached hydrogens (tertiary/aromatic N) is 2. The summed E-state index contributed by atoms with van der Waals surface area (Å²) in [6.45, 7) is 4.35. The van der Waals surface area contributed by atoms with Gasteiger partial charge in [0.15, 0.2) is 0 Å². The van der Waals surface area contributed by atoms with E-state index in [0.717, 1.165) is 25.3 Å². The van der Waals surface area contributed by atoms with Crippen LogP contribution in [0.3, 0.4) is 0 Å². The van der Waals surface area contributed by atoms with Crippen molar-refractivity contribution >= 4 is 22.9 Å². The number of carbonyl (C=O) groups excluding carboxylic acids is 1. The first kappa shape index (κ1) is 24.2. The van der Waals surface area contributed by atoms with Gasteiger partial charge in [-0.25, -0.2) is 4.98 Å². The van der Waals surface area contributed by atoms with E-state index < -0.39 is 28.8 Å². The summed E-state index contributed by atoms with van der Waals surface area (Å²) in [5, 5.41) is 23.9. The predicted molar refractivity (Wildman–Crippen MR) is 122 cm³/mol. The lowest BCUT2D eigenvalue weighted by Crippen LogP contribution is -2.30. The van der Waals surface area contributed by atoms with E-state index in [1.165, 1.54) is 26.8 Å². The fourth-order valence-corrected chi connectivity index (χ4v) is 4.25. The van der Waals surface area contributed by atoms with Crippen LogP contribution < -0.4 is 5.32 Å². The number of amides is 1. The highest BCUT2D eigenvalue weighted by atomic mass is 19.4. The van der Waals surface area contributed by atoms with Gasteiger partial charge in [-0.2, -0.15) is 13.2 Å². The number of aromatic nitrogens is 2. The lowest BCUT2D eigenvalue weighted by molar-refractivity contribution is -0.136. The molecule has 3 N–H and O–H groups in total. The Bertz CT molecular complexity index is 1210. The number of hydrogen-bond acceptors (Lipinski definition) is 4. The number of nitrogens with one attached hydrogen (secondary N) is 1. The Kier molecular flexibility index (Phi) is 5.98. The number of alkyl halides is 3. The summed E-state index contributed by atoms with van der Waals surface area (Å²) in [5.74, 6) is -0.562. The average Bonchev–Trinajstić information content (AvgIpc) is 3.02. The van der Waals surface area contributed by atoms with Gasteiger partial charge in [-0.05, 0) is 63.3 Å². The number of benzene rings is 2. The number of halogens is 3. The van der Waals surface area contributed by atoms with Gasteiger partial charge < -0.3 is 14.8 Å². The van der Waals surface area contributed by atoms with Gasteiger partial charge in [0.1, 0.15) is 5.52 Å². The zero-order valence-electron chi connectivity index (χ0n) is 19.3. The number of fused-ring (bicyclic) bond motifs is 1. The lowest BCUT2D eigenvalue weighted by Gasteiger charge is -2.30. The molecule has 182 valence electrons. The second kappa shape index (κ2) is 8.39. The molecule has 0 saturated heterocycles. The predicted octanol–water partition coefficient (Wildman–Crippen LogP) is 5.24. The molecule has 1 amide bonds. The lowest BCUT2D eigenvalue weighted by atomic mass is 9.91. The summed E-state index contributed by atoms with van der Waals surface area (Å²) in [6.07, 6.45) is -2.60. The van der Waals surface area contributed by atoms with Gasteiger partial charge in [-0.1, -0.05) is 30.3 Å². The molecule has 9 heteroatoms. The molecule has 4 rings (SSSR count). The normalized spacial score (nSPS) is 16.8. The fraction of sp³-hybridized carbons (Fsp3) is 0.440. The topological polar surface area (TPSA) is 87.4 Å². The van der Waals surface area contributed by atoms with Crippen LogP contribution in [0.25, 0.3) is 11.0 Å². The molecule has 1 aliphatic carbocycles. The Balaban J connectivity index is 1.77. The van der Waals surface area contributed by atoms with Crippen LogP contribution >= 0.6 is 0 Å². The molecule has 1 heterocycles. The van der Waals surface area contributed by atoms with Crippen molar-refractivity contribution in [2.24, 2.45) is 0 Å². The average molecular weight is 476 g/mol. The quantitative estimate of drug-likeness (QED) is 0.455. The van der Waals surface area contributed by atoms with Gasteiger partial charge in [0, 0.05) is 6.04 Å². The van der Waals surface area contributed by atoms with Crippen molar-refractivity contribution < 1.29 is 28.2 Å². The number of hydrogen-bond donors (Lipinski definition) is 3. The summed E-state index contributed by atoms with van der Waals surface area (Å²) >= 11 is 0. The minimum Gasteiger partial charge on any atom is -0.386 e. The number of rotatable bonds is 6. The molecule has 1 saturated carbocycles. The molecule has 1 atom stereocenters. The minimum absolute atomic E-state index is 0.00644. The summed E-state index contributed by atoms with van der Waals surface area (Å²) < 4.78 is 43.5. The molecule has 6 nitrogen and oxygen atoms in total. The molecule has 2 aromatic carbocycles. The van der Waals surface area contributed by atoms with Crippen LogP contribution in [0.15, 0.2) is 42.5 Å². The third kappa shape index (κ3) is 4.67. The number of aliphatic hydroxyl groups is 2. The van der Waals surface area contributed by atoms with E-state index in [1.54, 1.807) is 34.9 Å². The second-order valence-electron chi connectivity index (χ2n) is 9.70. The van der Waals surface area contributed by atoms with Gasteiger partial charge in [0.2, 0.25) is 11.9 Å². The molecule has 0 bridgehead atoms. The van der Waals surface area contributed by atoms with Gasteiger partial charge in [-0.15, -0.1) is 0 Å². The molecule has 34 heavy (non-hydrogen) atoms. The molecule has 1 unspecified atom stereocenters. The van der Waals surface area contributed by atoms with Crippen molar-refractivity contribution in [1.29, 1.82) is 0 Å². The van der Waals surface area contributed by atoms with Crippen molar-refractivity contribution in [2.75, 3.05) is 5.32 Å². The van der Waals surface area contributed by atoms with Gasteiger partial charge in [0.05, 0.1) is 28.7 Å². The van der Waals surface area contributed by atoms with Crippen molar-refractivity contribution in [3.63, 3.8) is 0 Å². The molecule has 3 aromatic rings. The van der Waals surface area contributed by atoms with Crippen molar-refractivity contribution in [3.05, 3.63) is 59.2 Å². The Labute approximate surface area is 195 Å². The molecule has 1 fully saturated rings. The van der Waals surface area contributed by atoms with Crippen LogP contribution in [0.5, 0.6) is 0 Å². The Morgan fingerprint density at radius 2 is 1.74 bits per heavy atom. The first-order valence-corrected chi connectivity index (χ1v) is 11.2. The molecule has 1 aliphatic rings. The number of imidazole rings is 1. The van der Waals surface area contributed by atoms with Gasteiger partial charge in [0.25, 0.3) is 0 Å². The highest BCUT2D eigenvalue weighted by Crippen LogP contribution is 2.43. The maximum absolute atomic E-state index is 13.9. The first-order valence-electron chi connectivity index (χ1n) is 11.2. The SMILES string of the molecule is CC(C)(O)c1cc(C(F)(F)F)c2nc(NC(=O)CC(C)(O)c3ccccc3)n(C3CCC3)c2c1. The third-order valence-corrected chi connectivity index (χ3v) is 6.40. The standard InChI is InChI=1S/C25H28F3N3O3/c1-23(2,33)16-12-18(25(26,27)28)21-19(13-16)31(17-10-7-11-17)22(30-21)29-20(32)14-24(3,34)15-8-5-4-6-9-15/h4-6,8-9,12-13,17,33-34H,7,10-11,14H2,1-3H3,(H,29,30,32). The van der Waals surface area contributed by atoms with Gasteiger partial charge >= 0.3 is 6.18 Å². The second-order valence-corrected chi connectivity index (χ2v) is 9.70. The Morgan fingerprint density at radius 3 is 2.26 bits per heavy atom. The number of carbonyl (C=O) groups is 1. The highest BCUT2D eigenvalue weighted by Gasteiger charge is 2.38. The molecule has 0 aliphatic heterocycles. The summed E-state index contributed by atoms with van der Waals surface area (Å²) in [7, 11) is 0. The monoisotopic (exact) mass is 475 g/mol. The summed E-state index contributed by atoms with van der Waals surface area (Å²) in [6, 6.07) is 11.0. The number of anilines is 1. The van der Waals surface area contributed by atoms with E-state index in [-0.39, 0.29) is 35.0 Å². The van der Waals surface area contributed by atoms with Gasteiger partial charge in [-0.3, -0.25) is 10.1 Å². The highest BCUT2D eigenvalue weighted by molar-refractivity contribution is 5.93. The van der Waals surface area contributed by atoms with E-state index in [0.29, 0.717) is 5.56 Å². The zero-order chi connectivity index (χ0) is 24.9. The first-order chi connectivity index (χ1) is 15.8.